The molecule has 0 spiro atoms. The van der Waals surface area contributed by atoms with E-state index in [2.05, 4.69) is 49.5 Å². The normalized spacial score (nSPS) is 17.4. The molecule has 0 aliphatic carbocycles. The van der Waals surface area contributed by atoms with Gasteiger partial charge in [0, 0.05) is 19.1 Å². The molecule has 256 valence electrons. The maximum Gasteiger partial charge on any atom is 0.229 e. The first kappa shape index (κ1) is 35.3. The standard InChI is InChI=1S/C35H50ClN7O3S/c1-23(2)46-32-21-28(26-10-17-43(18-11-26)27-12-15-42(16-13-27)19-14-37)25(5)20-31(32)40-35-38-22-29(36)34(41-35)39-30-8-6-7-9-33(30)47(44,45)24(3)4/h6-9,20-24,26-27H,10-19,37H2,1-5H3,(H2,38,39,40,41). The zero-order valence-electron chi connectivity index (χ0n) is 28.3. The molecule has 10 nitrogen and oxygen atoms in total. The number of aryl methyl sites for hydroxylation is 1. The smallest absolute Gasteiger partial charge is 0.229 e. The summed E-state index contributed by atoms with van der Waals surface area (Å²) in [5.41, 5.74) is 9.45. The monoisotopic (exact) mass is 683 g/mol. The number of rotatable bonds is 12. The third-order valence-electron chi connectivity index (χ3n) is 9.28. The molecule has 2 saturated heterocycles. The maximum atomic E-state index is 13.0. The first-order valence-electron chi connectivity index (χ1n) is 16.8. The van der Waals surface area contributed by atoms with Crippen LogP contribution < -0.4 is 21.1 Å². The summed E-state index contributed by atoms with van der Waals surface area (Å²) in [6, 6.07) is 11.7. The molecule has 0 bridgehead atoms. The second kappa shape index (κ2) is 15.5. The Morgan fingerprint density at radius 3 is 2.36 bits per heavy atom. The molecule has 3 heterocycles. The van der Waals surface area contributed by atoms with Crippen LogP contribution in [0, 0.1) is 6.92 Å². The number of nitrogens with one attached hydrogen (secondary N) is 2. The van der Waals surface area contributed by atoms with Gasteiger partial charge in [0.05, 0.1) is 33.8 Å². The number of nitrogens with two attached hydrogens (primary N) is 1. The number of para-hydroxylation sites is 1. The molecular weight excluding hydrogens is 634 g/mol. The zero-order chi connectivity index (χ0) is 33.7. The summed E-state index contributed by atoms with van der Waals surface area (Å²) in [4.78, 5) is 14.4. The SMILES string of the molecule is Cc1cc(Nc2ncc(Cl)c(Nc3ccccc3S(=O)(=O)C(C)C)n2)c(OC(C)C)cc1C1CCN(C2CCN(CCN)CC2)CC1. The van der Waals surface area contributed by atoms with Crippen molar-refractivity contribution in [3.63, 3.8) is 0 Å². The molecule has 2 aliphatic rings. The molecule has 1 aromatic heterocycles. The van der Waals surface area contributed by atoms with Gasteiger partial charge in [0.2, 0.25) is 5.95 Å². The lowest BCUT2D eigenvalue weighted by Gasteiger charge is -2.42. The van der Waals surface area contributed by atoms with Crippen molar-refractivity contribution in [3.8, 4) is 5.75 Å². The lowest BCUT2D eigenvalue weighted by Crippen LogP contribution is -2.48. The van der Waals surface area contributed by atoms with E-state index in [0.717, 1.165) is 63.5 Å². The largest absolute Gasteiger partial charge is 0.489 e. The van der Waals surface area contributed by atoms with Crippen LogP contribution in [0.25, 0.3) is 0 Å². The Bertz CT molecular complexity index is 1620. The fourth-order valence-electron chi connectivity index (χ4n) is 6.69. The van der Waals surface area contributed by atoms with Gasteiger partial charge in [-0.15, -0.1) is 0 Å². The van der Waals surface area contributed by atoms with Crippen molar-refractivity contribution in [2.75, 3.05) is 49.9 Å². The van der Waals surface area contributed by atoms with Gasteiger partial charge in [0.15, 0.2) is 15.7 Å². The van der Waals surface area contributed by atoms with Gasteiger partial charge in [-0.2, -0.15) is 4.98 Å². The number of ether oxygens (including phenoxy) is 1. The Kier molecular flexibility index (Phi) is 11.7. The summed E-state index contributed by atoms with van der Waals surface area (Å²) in [7, 11) is -3.54. The van der Waals surface area contributed by atoms with E-state index in [4.69, 9.17) is 22.1 Å². The number of aromatic nitrogens is 2. The van der Waals surface area contributed by atoms with Crippen molar-refractivity contribution in [1.82, 2.24) is 19.8 Å². The zero-order valence-corrected chi connectivity index (χ0v) is 29.9. The lowest BCUT2D eigenvalue weighted by atomic mass is 9.85. The summed E-state index contributed by atoms with van der Waals surface area (Å²) < 4.78 is 32.4. The highest BCUT2D eigenvalue weighted by Gasteiger charge is 2.30. The molecule has 2 aliphatic heterocycles. The second-order valence-corrected chi connectivity index (χ2v) is 16.2. The van der Waals surface area contributed by atoms with Crippen LogP contribution in [0.2, 0.25) is 5.02 Å². The number of halogens is 1. The van der Waals surface area contributed by atoms with Crippen molar-refractivity contribution in [2.24, 2.45) is 5.73 Å². The van der Waals surface area contributed by atoms with Crippen LogP contribution in [0.1, 0.15) is 70.4 Å². The fourth-order valence-corrected chi connectivity index (χ4v) is 8.03. The van der Waals surface area contributed by atoms with Crippen molar-refractivity contribution in [3.05, 3.63) is 58.7 Å². The topological polar surface area (TPSA) is 126 Å². The minimum absolute atomic E-state index is 0.0270. The number of anilines is 4. The van der Waals surface area contributed by atoms with Gasteiger partial charge < -0.3 is 30.9 Å². The third kappa shape index (κ3) is 8.56. The highest BCUT2D eigenvalue weighted by atomic mass is 35.5. The fraction of sp³-hybridized carbons (Fsp3) is 0.543. The van der Waals surface area contributed by atoms with Crippen molar-refractivity contribution >= 4 is 44.6 Å². The number of likely N-dealkylation sites (tertiary alicyclic amines) is 2. The van der Waals surface area contributed by atoms with Crippen molar-refractivity contribution < 1.29 is 13.2 Å². The van der Waals surface area contributed by atoms with E-state index < -0.39 is 15.1 Å². The predicted molar refractivity (Wildman–Crippen MR) is 191 cm³/mol. The van der Waals surface area contributed by atoms with Crippen LogP contribution in [-0.4, -0.2) is 84.8 Å². The maximum absolute atomic E-state index is 13.0. The first-order chi connectivity index (χ1) is 22.5. The summed E-state index contributed by atoms with van der Waals surface area (Å²) in [5.74, 6) is 1.83. The average molecular weight is 684 g/mol. The average Bonchev–Trinajstić information content (AvgIpc) is 3.04. The number of hydrogen-bond donors (Lipinski definition) is 3. The van der Waals surface area contributed by atoms with Crippen LogP contribution in [0.3, 0.4) is 0 Å². The van der Waals surface area contributed by atoms with Gasteiger partial charge in [-0.1, -0.05) is 23.7 Å². The Morgan fingerprint density at radius 1 is 1.00 bits per heavy atom. The first-order valence-corrected chi connectivity index (χ1v) is 18.8. The highest BCUT2D eigenvalue weighted by Crippen LogP contribution is 2.39. The van der Waals surface area contributed by atoms with Gasteiger partial charge in [0.1, 0.15) is 10.8 Å². The molecule has 0 atom stereocenters. The quantitative estimate of drug-likeness (QED) is 0.195. The second-order valence-electron chi connectivity index (χ2n) is 13.3. The van der Waals surface area contributed by atoms with E-state index >= 15 is 0 Å². The molecule has 3 aromatic rings. The number of nitrogens with zero attached hydrogens (tertiary/aromatic N) is 4. The van der Waals surface area contributed by atoms with Crippen LogP contribution in [0.5, 0.6) is 5.75 Å². The molecule has 0 saturated carbocycles. The Morgan fingerprint density at radius 2 is 1.70 bits per heavy atom. The number of hydrogen-bond acceptors (Lipinski definition) is 10. The van der Waals surface area contributed by atoms with E-state index in [1.54, 1.807) is 38.1 Å². The molecular formula is C35H50ClN7O3S. The molecule has 2 fully saturated rings. The van der Waals surface area contributed by atoms with Crippen molar-refractivity contribution in [1.29, 1.82) is 0 Å². The number of piperidine rings is 2. The molecule has 0 radical (unpaired) electrons. The van der Waals surface area contributed by atoms with Crippen LogP contribution >= 0.6 is 11.6 Å². The van der Waals surface area contributed by atoms with Crippen LogP contribution in [0.4, 0.5) is 23.1 Å². The predicted octanol–water partition coefficient (Wildman–Crippen LogP) is 6.50. The van der Waals surface area contributed by atoms with Crippen LogP contribution in [-0.2, 0) is 9.84 Å². The van der Waals surface area contributed by atoms with E-state index in [0.29, 0.717) is 29.4 Å². The molecule has 0 amide bonds. The summed E-state index contributed by atoms with van der Waals surface area (Å²) in [5, 5.41) is 6.16. The summed E-state index contributed by atoms with van der Waals surface area (Å²) in [6.45, 7) is 15.8. The summed E-state index contributed by atoms with van der Waals surface area (Å²) >= 11 is 6.49. The van der Waals surface area contributed by atoms with E-state index in [1.807, 2.05) is 13.8 Å². The highest BCUT2D eigenvalue weighted by molar-refractivity contribution is 7.92. The molecule has 12 heteroatoms. The molecule has 47 heavy (non-hydrogen) atoms. The van der Waals surface area contributed by atoms with E-state index in [1.165, 1.54) is 30.2 Å². The van der Waals surface area contributed by atoms with E-state index in [-0.39, 0.29) is 16.0 Å². The van der Waals surface area contributed by atoms with Gasteiger partial charge >= 0.3 is 0 Å². The minimum atomic E-state index is -3.54. The lowest BCUT2D eigenvalue weighted by molar-refractivity contribution is 0.0884. The minimum Gasteiger partial charge on any atom is -0.489 e. The van der Waals surface area contributed by atoms with E-state index in [9.17, 15) is 8.42 Å². The Hall–Kier alpha value is -2.96. The molecule has 2 aromatic carbocycles. The molecule has 5 rings (SSSR count). The Labute approximate surface area is 285 Å². The Balaban J connectivity index is 1.32. The third-order valence-corrected chi connectivity index (χ3v) is 11.8. The summed E-state index contributed by atoms with van der Waals surface area (Å²) in [6.07, 6.45) is 6.18. The molecule has 0 unspecified atom stereocenters. The van der Waals surface area contributed by atoms with Gasteiger partial charge in [0.25, 0.3) is 0 Å². The number of sulfone groups is 1. The van der Waals surface area contributed by atoms with Gasteiger partial charge in [-0.3, -0.25) is 0 Å². The van der Waals surface area contributed by atoms with Crippen molar-refractivity contribution in [2.45, 2.75) is 88.5 Å². The molecule has 4 N–H and O–H groups in total. The number of benzene rings is 2. The van der Waals surface area contributed by atoms with Gasteiger partial charge in [-0.25, -0.2) is 13.4 Å². The van der Waals surface area contributed by atoms with Gasteiger partial charge in [-0.05, 0) is 128 Å². The van der Waals surface area contributed by atoms with Crippen LogP contribution in [0.15, 0.2) is 47.5 Å².